The molecule has 23 heavy (non-hydrogen) atoms. The Morgan fingerprint density at radius 2 is 1.96 bits per heavy atom. The van der Waals surface area contributed by atoms with E-state index in [9.17, 15) is 4.79 Å². The minimum absolute atomic E-state index is 0.228. The van der Waals surface area contributed by atoms with E-state index in [0.717, 1.165) is 12.1 Å². The van der Waals surface area contributed by atoms with Crippen LogP contribution in [0.25, 0.3) is 0 Å². The Labute approximate surface area is 140 Å². The van der Waals surface area contributed by atoms with Crippen molar-refractivity contribution in [3.05, 3.63) is 30.1 Å². The number of ether oxygens (including phenoxy) is 1. The van der Waals surface area contributed by atoms with Gasteiger partial charge in [0.25, 0.3) is 0 Å². The molecule has 1 unspecified atom stereocenters. The summed E-state index contributed by atoms with van der Waals surface area (Å²) >= 11 is 0. The molecular weight excluding hydrogens is 290 g/mol. The number of carbonyl (C=O) groups excluding carboxylic acids is 1. The first-order valence-electron chi connectivity index (χ1n) is 8.29. The monoisotopic (exact) mass is 321 g/mol. The summed E-state index contributed by atoms with van der Waals surface area (Å²) in [5, 5.41) is 6.39. The van der Waals surface area contributed by atoms with E-state index in [2.05, 4.69) is 42.5 Å². The molecule has 0 fully saturated rings. The molecule has 0 aliphatic heterocycles. The first kappa shape index (κ1) is 19.4. The van der Waals surface area contributed by atoms with Crippen molar-refractivity contribution in [2.75, 3.05) is 13.1 Å². The van der Waals surface area contributed by atoms with Crippen LogP contribution in [0.3, 0.4) is 0 Å². The Kier molecular flexibility index (Phi) is 7.49. The highest BCUT2D eigenvalue weighted by atomic mass is 16.6. The van der Waals surface area contributed by atoms with Crippen LogP contribution in [-0.2, 0) is 4.74 Å². The van der Waals surface area contributed by atoms with Crippen molar-refractivity contribution >= 4 is 6.09 Å². The second-order valence-electron chi connectivity index (χ2n) is 7.30. The van der Waals surface area contributed by atoms with Crippen molar-refractivity contribution in [2.45, 2.75) is 53.2 Å². The molecule has 1 aromatic heterocycles. The molecule has 1 heterocycles. The minimum Gasteiger partial charge on any atom is -0.444 e. The fourth-order valence-electron chi connectivity index (χ4n) is 2.15. The number of pyridine rings is 1. The maximum absolute atomic E-state index is 11.8. The topological polar surface area (TPSA) is 63.2 Å². The first-order valence-corrected chi connectivity index (χ1v) is 8.29. The van der Waals surface area contributed by atoms with E-state index in [-0.39, 0.29) is 12.1 Å². The SMILES string of the molecule is CC(C)C(CNC(=O)OC(C)(C)C)CN[C@@H](C)c1cccnc1. The molecular formula is C18H31N3O2. The molecule has 2 N–H and O–H groups in total. The Balaban J connectivity index is 2.45. The fourth-order valence-corrected chi connectivity index (χ4v) is 2.15. The Morgan fingerprint density at radius 1 is 1.26 bits per heavy atom. The van der Waals surface area contributed by atoms with E-state index < -0.39 is 5.60 Å². The number of amides is 1. The van der Waals surface area contributed by atoms with Gasteiger partial charge in [0.1, 0.15) is 5.60 Å². The first-order chi connectivity index (χ1) is 10.7. The molecule has 0 aliphatic carbocycles. The van der Waals surface area contributed by atoms with Crippen LogP contribution in [0.1, 0.15) is 53.1 Å². The lowest BCUT2D eigenvalue weighted by Crippen LogP contribution is -2.40. The van der Waals surface area contributed by atoms with Gasteiger partial charge >= 0.3 is 6.09 Å². The summed E-state index contributed by atoms with van der Waals surface area (Å²) in [6.45, 7) is 13.5. The quantitative estimate of drug-likeness (QED) is 0.806. The van der Waals surface area contributed by atoms with Gasteiger partial charge < -0.3 is 15.4 Å². The van der Waals surface area contributed by atoms with Crippen molar-refractivity contribution in [3.63, 3.8) is 0 Å². The molecule has 0 spiro atoms. The third-order valence-corrected chi connectivity index (χ3v) is 3.72. The van der Waals surface area contributed by atoms with Crippen LogP contribution < -0.4 is 10.6 Å². The third-order valence-electron chi connectivity index (χ3n) is 3.72. The molecule has 2 atom stereocenters. The van der Waals surface area contributed by atoms with Crippen LogP contribution in [0.2, 0.25) is 0 Å². The van der Waals surface area contributed by atoms with Crippen molar-refractivity contribution in [1.82, 2.24) is 15.6 Å². The summed E-state index contributed by atoms with van der Waals surface area (Å²) in [4.78, 5) is 15.9. The van der Waals surface area contributed by atoms with Crippen LogP contribution in [0.5, 0.6) is 0 Å². The summed E-state index contributed by atoms with van der Waals surface area (Å²) in [6, 6.07) is 4.23. The molecule has 0 saturated heterocycles. The maximum Gasteiger partial charge on any atom is 0.407 e. The highest BCUT2D eigenvalue weighted by Gasteiger charge is 2.19. The summed E-state index contributed by atoms with van der Waals surface area (Å²) in [5.74, 6) is 0.792. The van der Waals surface area contributed by atoms with E-state index in [1.54, 1.807) is 6.20 Å². The van der Waals surface area contributed by atoms with Crippen molar-refractivity contribution in [2.24, 2.45) is 11.8 Å². The van der Waals surface area contributed by atoms with Crippen molar-refractivity contribution in [1.29, 1.82) is 0 Å². The van der Waals surface area contributed by atoms with Gasteiger partial charge in [-0.15, -0.1) is 0 Å². The van der Waals surface area contributed by atoms with Crippen LogP contribution in [0.15, 0.2) is 24.5 Å². The molecule has 0 saturated carbocycles. The summed E-state index contributed by atoms with van der Waals surface area (Å²) in [5.41, 5.74) is 0.694. The third kappa shape index (κ3) is 7.98. The molecule has 1 rings (SSSR count). The summed E-state index contributed by atoms with van der Waals surface area (Å²) in [6.07, 6.45) is 3.29. The number of hydrogen-bond donors (Lipinski definition) is 2. The second kappa shape index (κ2) is 8.87. The lowest BCUT2D eigenvalue weighted by atomic mass is 9.95. The smallest absolute Gasteiger partial charge is 0.407 e. The zero-order valence-electron chi connectivity index (χ0n) is 15.2. The standard InChI is InChI=1S/C18H31N3O2/c1-13(2)16(12-21-17(22)23-18(4,5)6)11-20-14(3)15-8-7-9-19-10-15/h7-10,13-14,16,20H,11-12H2,1-6H3,(H,21,22)/t14-,16?/m0/s1. The molecule has 0 radical (unpaired) electrons. The van der Waals surface area contributed by atoms with Crippen LogP contribution in [0.4, 0.5) is 4.79 Å². The molecule has 0 bridgehead atoms. The minimum atomic E-state index is -0.468. The summed E-state index contributed by atoms with van der Waals surface area (Å²) < 4.78 is 5.28. The average Bonchev–Trinajstić information content (AvgIpc) is 2.45. The predicted octanol–water partition coefficient (Wildman–Crippen LogP) is 3.53. The molecule has 5 nitrogen and oxygen atoms in total. The summed E-state index contributed by atoms with van der Waals surface area (Å²) in [7, 11) is 0. The fraction of sp³-hybridized carbons (Fsp3) is 0.667. The zero-order chi connectivity index (χ0) is 17.5. The van der Waals surface area contributed by atoms with Gasteiger partial charge in [-0.3, -0.25) is 4.98 Å². The van der Waals surface area contributed by atoms with Gasteiger partial charge in [0.15, 0.2) is 0 Å². The van der Waals surface area contributed by atoms with Gasteiger partial charge in [-0.25, -0.2) is 4.79 Å². The molecule has 1 amide bonds. The Hall–Kier alpha value is -1.62. The number of rotatable bonds is 7. The highest BCUT2D eigenvalue weighted by molar-refractivity contribution is 5.67. The zero-order valence-corrected chi connectivity index (χ0v) is 15.2. The molecule has 5 heteroatoms. The number of nitrogens with one attached hydrogen (secondary N) is 2. The van der Waals surface area contributed by atoms with E-state index in [1.807, 2.05) is 33.0 Å². The van der Waals surface area contributed by atoms with Gasteiger partial charge in [-0.05, 0) is 51.2 Å². The van der Waals surface area contributed by atoms with E-state index in [1.165, 1.54) is 0 Å². The number of carbonyl (C=O) groups is 1. The molecule has 0 aliphatic rings. The van der Waals surface area contributed by atoms with E-state index in [0.29, 0.717) is 18.4 Å². The number of alkyl carbamates (subject to hydrolysis) is 1. The second-order valence-corrected chi connectivity index (χ2v) is 7.30. The number of nitrogens with zero attached hydrogens (tertiary/aromatic N) is 1. The lowest BCUT2D eigenvalue weighted by Gasteiger charge is -2.25. The van der Waals surface area contributed by atoms with Gasteiger partial charge in [0, 0.05) is 31.5 Å². The van der Waals surface area contributed by atoms with Crippen molar-refractivity contribution < 1.29 is 9.53 Å². The lowest BCUT2D eigenvalue weighted by molar-refractivity contribution is 0.0514. The largest absolute Gasteiger partial charge is 0.444 e. The van der Waals surface area contributed by atoms with Crippen molar-refractivity contribution in [3.8, 4) is 0 Å². The van der Waals surface area contributed by atoms with E-state index >= 15 is 0 Å². The number of hydrogen-bond acceptors (Lipinski definition) is 4. The van der Waals surface area contributed by atoms with Gasteiger partial charge in [0.2, 0.25) is 0 Å². The van der Waals surface area contributed by atoms with E-state index in [4.69, 9.17) is 4.74 Å². The number of aromatic nitrogens is 1. The molecule has 130 valence electrons. The predicted molar refractivity (Wildman–Crippen MR) is 93.2 cm³/mol. The molecule has 1 aromatic rings. The van der Waals surface area contributed by atoms with Crippen LogP contribution >= 0.6 is 0 Å². The Morgan fingerprint density at radius 3 is 2.48 bits per heavy atom. The van der Waals surface area contributed by atoms with Crippen LogP contribution in [0, 0.1) is 11.8 Å². The van der Waals surface area contributed by atoms with Gasteiger partial charge in [0.05, 0.1) is 0 Å². The maximum atomic E-state index is 11.8. The van der Waals surface area contributed by atoms with Gasteiger partial charge in [-0.1, -0.05) is 19.9 Å². The normalized spacial score (nSPS) is 14.4. The average molecular weight is 321 g/mol. The highest BCUT2D eigenvalue weighted by Crippen LogP contribution is 2.14. The van der Waals surface area contributed by atoms with Gasteiger partial charge in [-0.2, -0.15) is 0 Å². The Bertz CT molecular complexity index is 469. The van der Waals surface area contributed by atoms with Crippen LogP contribution in [-0.4, -0.2) is 29.8 Å². The molecule has 0 aromatic carbocycles.